The topological polar surface area (TPSA) is 26.3 Å². The van der Waals surface area contributed by atoms with Crippen molar-refractivity contribution < 1.29 is 9.22 Å². The summed E-state index contributed by atoms with van der Waals surface area (Å²) in [7, 11) is -1.69. The van der Waals surface area contributed by atoms with E-state index in [1.165, 1.54) is 5.57 Å². The molecule has 0 N–H and O–H groups in total. The lowest BCUT2D eigenvalue weighted by Crippen LogP contribution is -2.44. The highest BCUT2D eigenvalue weighted by Crippen LogP contribution is 2.32. The Morgan fingerprint density at radius 3 is 2.08 bits per heavy atom. The van der Waals surface area contributed by atoms with Gasteiger partial charge in [-0.3, -0.25) is 4.79 Å². The predicted molar refractivity (Wildman–Crippen MR) is 109 cm³/mol. The summed E-state index contributed by atoms with van der Waals surface area (Å²) in [6.07, 6.45) is 8.08. The summed E-state index contributed by atoms with van der Waals surface area (Å²) in [4.78, 5) is 11.0. The normalized spacial score (nSPS) is 17.3. The molecule has 0 aromatic rings. The summed E-state index contributed by atoms with van der Waals surface area (Å²) in [5.74, 6) is 0.640. The number of hydrogen-bond donors (Lipinski definition) is 0. The van der Waals surface area contributed by atoms with Crippen LogP contribution < -0.4 is 0 Å². The molecule has 2 nitrogen and oxygen atoms in total. The van der Waals surface area contributed by atoms with Crippen LogP contribution >= 0.6 is 0 Å². The van der Waals surface area contributed by atoms with E-state index in [1.807, 2.05) is 13.0 Å². The maximum atomic E-state index is 11.0. The van der Waals surface area contributed by atoms with Crippen molar-refractivity contribution in [3.63, 3.8) is 0 Å². The van der Waals surface area contributed by atoms with Gasteiger partial charge in [-0.1, -0.05) is 65.0 Å². The van der Waals surface area contributed by atoms with E-state index in [4.69, 9.17) is 4.43 Å². The second-order valence-corrected chi connectivity index (χ2v) is 11.9. The largest absolute Gasteiger partial charge is 0.413 e. The third-order valence-corrected chi connectivity index (χ3v) is 9.79. The van der Waals surface area contributed by atoms with Gasteiger partial charge in [0.25, 0.3) is 0 Å². The smallest absolute Gasteiger partial charge is 0.192 e. The third kappa shape index (κ3) is 7.31. The SMILES string of the molecule is C=C/C=C(\C)C[C@H](C)[C@H](O[Si](CC)(CC)CC)[C@H](C)/C=C(\C)C=O. The number of aldehydes is 1. The fourth-order valence-corrected chi connectivity index (χ4v) is 6.50. The summed E-state index contributed by atoms with van der Waals surface area (Å²) in [5, 5.41) is 0. The van der Waals surface area contributed by atoms with Crippen molar-refractivity contribution in [1.82, 2.24) is 0 Å². The van der Waals surface area contributed by atoms with Crippen LogP contribution in [0.4, 0.5) is 0 Å². The first-order chi connectivity index (χ1) is 11.3. The molecular weight excluding hydrogens is 312 g/mol. The van der Waals surface area contributed by atoms with Crippen molar-refractivity contribution >= 4 is 14.6 Å². The minimum atomic E-state index is -1.69. The number of carbonyl (C=O) groups is 1. The zero-order valence-corrected chi connectivity index (χ0v) is 17.9. The molecular formula is C21H38O2Si. The molecule has 0 aromatic carbocycles. The number of rotatable bonds is 12. The molecule has 0 heterocycles. The minimum absolute atomic E-state index is 0.152. The molecule has 0 aliphatic carbocycles. The van der Waals surface area contributed by atoms with Crippen molar-refractivity contribution in [2.75, 3.05) is 0 Å². The predicted octanol–water partition coefficient (Wildman–Crippen LogP) is 6.32. The number of allylic oxidation sites excluding steroid dienone is 4. The van der Waals surface area contributed by atoms with Crippen molar-refractivity contribution in [3.8, 4) is 0 Å². The van der Waals surface area contributed by atoms with Crippen LogP contribution in [0.2, 0.25) is 18.1 Å². The molecule has 3 heteroatoms. The Morgan fingerprint density at radius 1 is 1.12 bits per heavy atom. The van der Waals surface area contributed by atoms with Crippen LogP contribution in [-0.4, -0.2) is 20.7 Å². The summed E-state index contributed by atoms with van der Waals surface area (Å²) < 4.78 is 6.86. The molecule has 0 aliphatic heterocycles. The molecule has 0 bridgehead atoms. The molecule has 0 spiro atoms. The average Bonchev–Trinajstić information content (AvgIpc) is 2.56. The van der Waals surface area contributed by atoms with Crippen molar-refractivity contribution in [2.45, 2.75) is 79.1 Å². The van der Waals surface area contributed by atoms with Gasteiger partial charge >= 0.3 is 0 Å². The zero-order chi connectivity index (χ0) is 18.8. The maximum absolute atomic E-state index is 11.0. The van der Waals surface area contributed by atoms with Gasteiger partial charge in [-0.25, -0.2) is 0 Å². The molecule has 3 atom stereocenters. The average molecular weight is 351 g/mol. The molecule has 0 aliphatic rings. The van der Waals surface area contributed by atoms with Crippen LogP contribution in [0.25, 0.3) is 0 Å². The lowest BCUT2D eigenvalue weighted by atomic mass is 9.88. The molecule has 138 valence electrons. The van der Waals surface area contributed by atoms with Crippen LogP contribution in [-0.2, 0) is 9.22 Å². The van der Waals surface area contributed by atoms with Crippen molar-refractivity contribution in [1.29, 1.82) is 0 Å². The first-order valence-corrected chi connectivity index (χ1v) is 11.9. The molecule has 0 saturated carbocycles. The fraction of sp³-hybridized carbons (Fsp3) is 0.667. The second-order valence-electron chi connectivity index (χ2n) is 7.14. The molecule has 0 fully saturated rings. The molecule has 0 saturated heterocycles. The lowest BCUT2D eigenvalue weighted by molar-refractivity contribution is -0.104. The Balaban J connectivity index is 5.53. The van der Waals surface area contributed by atoms with E-state index in [-0.39, 0.29) is 12.0 Å². The summed E-state index contributed by atoms with van der Waals surface area (Å²) in [6.45, 7) is 19.1. The van der Waals surface area contributed by atoms with Gasteiger partial charge in [-0.15, -0.1) is 0 Å². The Kier molecular flexibility index (Phi) is 11.1. The quantitative estimate of drug-likeness (QED) is 0.178. The van der Waals surface area contributed by atoms with Gasteiger partial charge in [0.05, 0.1) is 6.10 Å². The fourth-order valence-electron chi connectivity index (χ4n) is 3.47. The van der Waals surface area contributed by atoms with E-state index in [2.05, 4.69) is 60.3 Å². The van der Waals surface area contributed by atoms with Gasteiger partial charge in [0.2, 0.25) is 0 Å². The second kappa shape index (κ2) is 11.6. The van der Waals surface area contributed by atoms with E-state index in [0.29, 0.717) is 5.92 Å². The van der Waals surface area contributed by atoms with Crippen LogP contribution in [0.15, 0.2) is 36.0 Å². The lowest BCUT2D eigenvalue weighted by Gasteiger charge is -2.38. The van der Waals surface area contributed by atoms with E-state index in [1.54, 1.807) is 0 Å². The molecule has 24 heavy (non-hydrogen) atoms. The Morgan fingerprint density at radius 2 is 1.67 bits per heavy atom. The molecule has 0 rings (SSSR count). The van der Waals surface area contributed by atoms with Crippen LogP contribution in [0.1, 0.15) is 54.9 Å². The first kappa shape index (κ1) is 23.1. The maximum Gasteiger partial charge on any atom is 0.192 e. The Labute approximate surface area is 151 Å². The van der Waals surface area contributed by atoms with E-state index < -0.39 is 8.32 Å². The van der Waals surface area contributed by atoms with E-state index >= 15 is 0 Å². The Bertz CT molecular complexity index is 438. The van der Waals surface area contributed by atoms with Gasteiger partial charge in [-0.2, -0.15) is 0 Å². The number of hydrogen-bond acceptors (Lipinski definition) is 2. The summed E-state index contributed by atoms with van der Waals surface area (Å²) in [5.41, 5.74) is 2.12. The minimum Gasteiger partial charge on any atom is -0.413 e. The van der Waals surface area contributed by atoms with Crippen LogP contribution in [0, 0.1) is 11.8 Å². The monoisotopic (exact) mass is 350 g/mol. The summed E-state index contributed by atoms with van der Waals surface area (Å²) >= 11 is 0. The standard InChI is InChI=1S/C21H38O2Si/c1-9-13-17(5)14-19(7)21(20(8)15-18(6)16-22)23-24(10-2,11-3)12-4/h9,13,15-16,19-21H,1,10-12,14H2,2-8H3/b17-13+,18-15+/t19-,20+,21-/m0/s1. The van der Waals surface area contributed by atoms with Gasteiger partial charge < -0.3 is 4.43 Å². The van der Waals surface area contributed by atoms with Gasteiger partial charge in [-0.05, 0) is 55.8 Å². The van der Waals surface area contributed by atoms with Gasteiger partial charge in [0, 0.05) is 0 Å². The highest BCUT2D eigenvalue weighted by molar-refractivity contribution is 6.73. The van der Waals surface area contributed by atoms with Gasteiger partial charge in [0.1, 0.15) is 6.29 Å². The van der Waals surface area contributed by atoms with Crippen molar-refractivity contribution in [2.24, 2.45) is 11.8 Å². The van der Waals surface area contributed by atoms with Crippen LogP contribution in [0.3, 0.4) is 0 Å². The van der Waals surface area contributed by atoms with Gasteiger partial charge in [0.15, 0.2) is 8.32 Å². The molecule has 0 unspecified atom stereocenters. The highest BCUT2D eigenvalue weighted by Gasteiger charge is 2.35. The van der Waals surface area contributed by atoms with E-state index in [9.17, 15) is 4.79 Å². The number of carbonyl (C=O) groups excluding carboxylic acids is 1. The summed E-state index contributed by atoms with van der Waals surface area (Å²) in [6, 6.07) is 3.44. The first-order valence-electron chi connectivity index (χ1n) is 9.38. The zero-order valence-electron chi connectivity index (χ0n) is 16.9. The van der Waals surface area contributed by atoms with Crippen LogP contribution in [0.5, 0.6) is 0 Å². The molecule has 0 aromatic heterocycles. The Hall–Kier alpha value is -0.933. The van der Waals surface area contributed by atoms with Crippen molar-refractivity contribution in [3.05, 3.63) is 36.0 Å². The van der Waals surface area contributed by atoms with E-state index in [0.717, 1.165) is 36.4 Å². The molecule has 0 radical (unpaired) electrons. The third-order valence-electron chi connectivity index (χ3n) is 5.16. The molecule has 0 amide bonds. The highest BCUT2D eigenvalue weighted by atomic mass is 28.4.